The normalized spacial score (nSPS) is 10.0. The lowest BCUT2D eigenvalue weighted by atomic mass is 10.2. The lowest BCUT2D eigenvalue weighted by molar-refractivity contribution is 0.412. The maximum Gasteiger partial charge on any atom is 0.141 e. The van der Waals surface area contributed by atoms with E-state index < -0.39 is 0 Å². The summed E-state index contributed by atoms with van der Waals surface area (Å²) in [5.41, 5.74) is 6.37. The number of methoxy groups -OCH3 is 1. The van der Waals surface area contributed by atoms with Gasteiger partial charge in [-0.15, -0.1) is 0 Å². The van der Waals surface area contributed by atoms with Crippen LogP contribution < -0.4 is 15.2 Å². The van der Waals surface area contributed by atoms with E-state index in [4.69, 9.17) is 27.4 Å². The first-order valence-corrected chi connectivity index (χ1v) is 6.71. The molecule has 0 amide bonds. The number of ether oxygens (including phenoxy) is 2. The lowest BCUT2D eigenvalue weighted by Gasteiger charge is -2.09. The highest BCUT2D eigenvalue weighted by atomic mass is 79.9. The number of halogens is 1. The number of hydrogen-bond acceptors (Lipinski definition) is 3. The summed E-state index contributed by atoms with van der Waals surface area (Å²) in [4.78, 5) is 0.358. The van der Waals surface area contributed by atoms with Crippen LogP contribution in [-0.2, 0) is 0 Å². The second-order valence-electron chi connectivity index (χ2n) is 3.79. The van der Waals surface area contributed by atoms with E-state index in [1.165, 1.54) is 0 Å². The van der Waals surface area contributed by atoms with Gasteiger partial charge in [0.25, 0.3) is 0 Å². The Morgan fingerprint density at radius 3 is 2.26 bits per heavy atom. The molecule has 0 bridgehead atoms. The van der Waals surface area contributed by atoms with Gasteiger partial charge in [-0.2, -0.15) is 0 Å². The first kappa shape index (κ1) is 13.8. The number of nitrogens with two attached hydrogens (primary N) is 1. The van der Waals surface area contributed by atoms with E-state index in [2.05, 4.69) is 15.9 Å². The predicted octanol–water partition coefficient (Wildman–Crippen LogP) is 3.88. The fourth-order valence-corrected chi connectivity index (χ4v) is 2.09. The Balaban J connectivity index is 2.20. The fourth-order valence-electron chi connectivity index (χ4n) is 1.51. The molecular formula is C14H12BrNO2S. The molecule has 0 saturated carbocycles. The molecule has 5 heteroatoms. The highest BCUT2D eigenvalue weighted by Crippen LogP contribution is 2.31. The van der Waals surface area contributed by atoms with Gasteiger partial charge in [-0.1, -0.05) is 12.2 Å². The summed E-state index contributed by atoms with van der Waals surface area (Å²) in [6, 6.07) is 12.8. The number of rotatable bonds is 4. The van der Waals surface area contributed by atoms with Crippen molar-refractivity contribution in [1.29, 1.82) is 0 Å². The Kier molecular flexibility index (Phi) is 4.39. The van der Waals surface area contributed by atoms with Crippen molar-refractivity contribution in [2.45, 2.75) is 0 Å². The fraction of sp³-hybridized carbons (Fsp3) is 0.0714. The van der Waals surface area contributed by atoms with Crippen molar-refractivity contribution < 1.29 is 9.47 Å². The van der Waals surface area contributed by atoms with Gasteiger partial charge in [0.2, 0.25) is 0 Å². The van der Waals surface area contributed by atoms with E-state index >= 15 is 0 Å². The smallest absolute Gasteiger partial charge is 0.141 e. The molecule has 2 aromatic rings. The molecule has 0 aliphatic rings. The van der Waals surface area contributed by atoms with E-state index in [1.807, 2.05) is 42.5 Å². The van der Waals surface area contributed by atoms with Crippen molar-refractivity contribution in [3.05, 3.63) is 52.5 Å². The number of benzene rings is 2. The molecular weight excluding hydrogens is 326 g/mol. The van der Waals surface area contributed by atoms with Gasteiger partial charge in [0, 0.05) is 5.56 Å². The van der Waals surface area contributed by atoms with Crippen LogP contribution in [0.15, 0.2) is 46.9 Å². The largest absolute Gasteiger partial charge is 0.497 e. The van der Waals surface area contributed by atoms with Crippen molar-refractivity contribution >= 4 is 33.1 Å². The molecule has 0 atom stereocenters. The predicted molar refractivity (Wildman–Crippen MR) is 83.1 cm³/mol. The Bertz CT molecular complexity index is 599. The molecule has 2 aromatic carbocycles. The monoisotopic (exact) mass is 337 g/mol. The molecule has 0 spiro atoms. The summed E-state index contributed by atoms with van der Waals surface area (Å²) in [5.74, 6) is 2.21. The molecule has 0 aliphatic carbocycles. The highest BCUT2D eigenvalue weighted by Gasteiger charge is 2.05. The zero-order valence-electron chi connectivity index (χ0n) is 10.2. The third kappa shape index (κ3) is 3.45. The molecule has 2 N–H and O–H groups in total. The standard InChI is InChI=1S/C14H12BrNO2S/c1-17-10-3-5-11(6-4-10)18-13-7-2-9(14(16)19)8-12(13)15/h2-8H,1H3,(H2,16,19). The van der Waals surface area contributed by atoms with Gasteiger partial charge >= 0.3 is 0 Å². The second kappa shape index (κ2) is 6.04. The minimum atomic E-state index is 0.358. The lowest BCUT2D eigenvalue weighted by Crippen LogP contribution is -2.08. The van der Waals surface area contributed by atoms with Crippen LogP contribution in [0.5, 0.6) is 17.2 Å². The number of hydrogen-bond donors (Lipinski definition) is 1. The van der Waals surface area contributed by atoms with Crippen molar-refractivity contribution in [2.24, 2.45) is 5.73 Å². The third-order valence-electron chi connectivity index (χ3n) is 2.50. The Hall–Kier alpha value is -1.59. The van der Waals surface area contributed by atoms with Crippen LogP contribution in [-0.4, -0.2) is 12.1 Å². The first-order valence-electron chi connectivity index (χ1n) is 5.51. The average molecular weight is 338 g/mol. The minimum Gasteiger partial charge on any atom is -0.497 e. The van der Waals surface area contributed by atoms with Crippen LogP contribution in [0, 0.1) is 0 Å². The molecule has 0 radical (unpaired) electrons. The quantitative estimate of drug-likeness (QED) is 0.859. The van der Waals surface area contributed by atoms with Crippen molar-refractivity contribution in [3.8, 4) is 17.2 Å². The Morgan fingerprint density at radius 1 is 1.11 bits per heavy atom. The van der Waals surface area contributed by atoms with Crippen LogP contribution in [0.1, 0.15) is 5.56 Å². The van der Waals surface area contributed by atoms with Gasteiger partial charge in [-0.3, -0.25) is 0 Å². The molecule has 0 heterocycles. The maximum atomic E-state index is 5.76. The van der Waals surface area contributed by atoms with Crippen LogP contribution >= 0.6 is 28.1 Å². The molecule has 2 rings (SSSR count). The zero-order chi connectivity index (χ0) is 13.8. The molecule has 0 aromatic heterocycles. The topological polar surface area (TPSA) is 44.5 Å². The van der Waals surface area contributed by atoms with Crippen LogP contribution in [0.3, 0.4) is 0 Å². The summed E-state index contributed by atoms with van der Waals surface area (Å²) >= 11 is 8.36. The maximum absolute atomic E-state index is 5.76. The van der Waals surface area contributed by atoms with Gasteiger partial charge in [0.05, 0.1) is 11.6 Å². The van der Waals surface area contributed by atoms with Crippen molar-refractivity contribution in [1.82, 2.24) is 0 Å². The average Bonchev–Trinajstić information content (AvgIpc) is 2.41. The van der Waals surface area contributed by atoms with Gasteiger partial charge < -0.3 is 15.2 Å². The third-order valence-corrected chi connectivity index (χ3v) is 3.36. The Morgan fingerprint density at radius 2 is 1.74 bits per heavy atom. The summed E-state index contributed by atoms with van der Waals surface area (Å²) in [5, 5.41) is 0. The molecule has 0 saturated heterocycles. The van der Waals surface area contributed by atoms with E-state index in [9.17, 15) is 0 Å². The molecule has 19 heavy (non-hydrogen) atoms. The van der Waals surface area contributed by atoms with Crippen LogP contribution in [0.2, 0.25) is 0 Å². The molecule has 0 aliphatic heterocycles. The minimum absolute atomic E-state index is 0.358. The van der Waals surface area contributed by atoms with Gasteiger partial charge in [0.15, 0.2) is 0 Å². The molecule has 0 fully saturated rings. The first-order chi connectivity index (χ1) is 9.10. The summed E-state index contributed by atoms with van der Waals surface area (Å²) in [6.45, 7) is 0. The van der Waals surface area contributed by atoms with Crippen molar-refractivity contribution in [2.75, 3.05) is 7.11 Å². The highest BCUT2D eigenvalue weighted by molar-refractivity contribution is 9.10. The molecule has 0 unspecified atom stereocenters. The van der Waals surface area contributed by atoms with Crippen molar-refractivity contribution in [3.63, 3.8) is 0 Å². The summed E-state index contributed by atoms with van der Waals surface area (Å²) in [7, 11) is 1.63. The van der Waals surface area contributed by atoms with Gasteiger partial charge in [0.1, 0.15) is 22.2 Å². The van der Waals surface area contributed by atoms with Gasteiger partial charge in [-0.05, 0) is 58.4 Å². The SMILES string of the molecule is COc1ccc(Oc2ccc(C(N)=S)cc2Br)cc1. The zero-order valence-corrected chi connectivity index (χ0v) is 12.6. The van der Waals surface area contributed by atoms with Gasteiger partial charge in [-0.25, -0.2) is 0 Å². The van der Waals surface area contributed by atoms with Crippen LogP contribution in [0.25, 0.3) is 0 Å². The van der Waals surface area contributed by atoms with E-state index in [0.717, 1.165) is 21.5 Å². The number of thiocarbonyl (C=S) groups is 1. The summed E-state index contributed by atoms with van der Waals surface area (Å²) in [6.07, 6.45) is 0. The summed E-state index contributed by atoms with van der Waals surface area (Å²) < 4.78 is 11.6. The van der Waals surface area contributed by atoms with E-state index in [1.54, 1.807) is 7.11 Å². The molecule has 98 valence electrons. The molecule has 3 nitrogen and oxygen atoms in total. The van der Waals surface area contributed by atoms with E-state index in [-0.39, 0.29) is 0 Å². The second-order valence-corrected chi connectivity index (χ2v) is 5.08. The Labute approximate surface area is 125 Å². The van der Waals surface area contributed by atoms with Crippen LogP contribution in [0.4, 0.5) is 0 Å². The van der Waals surface area contributed by atoms with E-state index in [0.29, 0.717) is 10.7 Å².